The number of benzene rings is 2. The van der Waals surface area contributed by atoms with E-state index in [-0.39, 0.29) is 18.2 Å². The summed E-state index contributed by atoms with van der Waals surface area (Å²) in [6.07, 6.45) is 0.283. The molecule has 0 saturated carbocycles. The first kappa shape index (κ1) is 24.8. The average Bonchev–Trinajstić information content (AvgIpc) is 3.09. The van der Waals surface area contributed by atoms with E-state index in [0.29, 0.717) is 37.0 Å². The fourth-order valence-electron chi connectivity index (χ4n) is 3.58. The molecule has 0 aliphatic rings. The molecule has 0 amide bonds. The highest BCUT2D eigenvalue weighted by atomic mass is 19.1. The van der Waals surface area contributed by atoms with Crippen LogP contribution in [-0.4, -0.2) is 52.2 Å². The second-order valence-corrected chi connectivity index (χ2v) is 7.86. The van der Waals surface area contributed by atoms with Gasteiger partial charge in [0.1, 0.15) is 17.4 Å². The number of halogens is 2. The van der Waals surface area contributed by atoms with Gasteiger partial charge in [-0.3, -0.25) is 4.90 Å². The second-order valence-electron chi connectivity index (χ2n) is 7.86. The number of ether oxygens (including phenoxy) is 2. The molecule has 178 valence electrons. The first-order valence-corrected chi connectivity index (χ1v) is 11.2. The smallest absolute Gasteiger partial charge is 0.227 e. The van der Waals surface area contributed by atoms with Crippen LogP contribution in [0.3, 0.4) is 0 Å². The second kappa shape index (κ2) is 11.9. The molecule has 0 aliphatic carbocycles. The summed E-state index contributed by atoms with van der Waals surface area (Å²) in [5.74, 6) is 0.218. The molecule has 8 heteroatoms. The van der Waals surface area contributed by atoms with Crippen LogP contribution < -0.4 is 4.74 Å². The van der Waals surface area contributed by atoms with Gasteiger partial charge in [-0.25, -0.2) is 13.5 Å². The maximum atomic E-state index is 13.5. The van der Waals surface area contributed by atoms with E-state index >= 15 is 0 Å². The van der Waals surface area contributed by atoms with Crippen LogP contribution in [0.1, 0.15) is 31.5 Å². The summed E-state index contributed by atoms with van der Waals surface area (Å²) < 4.78 is 40.1. The molecule has 3 aromatic rings. The average molecular weight is 460 g/mol. The normalized spacial score (nSPS) is 12.3. The van der Waals surface area contributed by atoms with Crippen molar-refractivity contribution in [2.75, 3.05) is 26.3 Å². The Kier molecular flexibility index (Phi) is 8.94. The van der Waals surface area contributed by atoms with Crippen LogP contribution in [0.5, 0.6) is 11.6 Å². The van der Waals surface area contributed by atoms with Crippen molar-refractivity contribution < 1.29 is 23.4 Å². The predicted octanol–water partition coefficient (Wildman–Crippen LogP) is 4.86. The number of rotatable bonds is 12. The van der Waals surface area contributed by atoms with Gasteiger partial charge in [0.05, 0.1) is 29.7 Å². The van der Waals surface area contributed by atoms with Crippen molar-refractivity contribution in [3.05, 3.63) is 71.4 Å². The van der Waals surface area contributed by atoms with Crippen LogP contribution in [0.25, 0.3) is 5.69 Å². The Labute approximate surface area is 193 Å². The van der Waals surface area contributed by atoms with E-state index in [4.69, 9.17) is 9.47 Å². The van der Waals surface area contributed by atoms with Gasteiger partial charge >= 0.3 is 0 Å². The number of aliphatic hydroxyl groups is 1. The maximum Gasteiger partial charge on any atom is 0.227 e. The van der Waals surface area contributed by atoms with Gasteiger partial charge in [0.2, 0.25) is 5.88 Å². The van der Waals surface area contributed by atoms with Gasteiger partial charge in [0.15, 0.2) is 0 Å². The van der Waals surface area contributed by atoms with Crippen LogP contribution >= 0.6 is 0 Å². The Morgan fingerprint density at radius 2 is 1.67 bits per heavy atom. The van der Waals surface area contributed by atoms with Crippen LogP contribution in [0, 0.1) is 18.6 Å². The number of aryl methyl sites for hydroxylation is 1. The molecule has 1 N–H and O–H groups in total. The third kappa shape index (κ3) is 6.83. The van der Waals surface area contributed by atoms with Gasteiger partial charge in [-0.1, -0.05) is 6.92 Å². The van der Waals surface area contributed by atoms with Crippen LogP contribution in [0.2, 0.25) is 0 Å². The van der Waals surface area contributed by atoms with Gasteiger partial charge in [-0.15, -0.1) is 0 Å². The van der Waals surface area contributed by atoms with E-state index in [1.807, 2.05) is 13.8 Å². The lowest BCUT2D eigenvalue weighted by Crippen LogP contribution is -2.35. The number of hydrogen-bond acceptors (Lipinski definition) is 5. The fraction of sp³-hybridized carbons (Fsp3) is 0.400. The minimum atomic E-state index is -0.620. The van der Waals surface area contributed by atoms with Crippen molar-refractivity contribution in [1.29, 1.82) is 0 Å². The summed E-state index contributed by atoms with van der Waals surface area (Å²) in [4.78, 5) is 2.13. The summed E-state index contributed by atoms with van der Waals surface area (Å²) in [7, 11) is 0. The molecule has 1 aromatic heterocycles. The number of aliphatic hydroxyl groups excluding tert-OH is 1. The minimum absolute atomic E-state index is 0.267. The highest BCUT2D eigenvalue weighted by molar-refractivity contribution is 5.43. The molecule has 3 rings (SSSR count). The zero-order valence-electron chi connectivity index (χ0n) is 19.3. The van der Waals surface area contributed by atoms with Crippen molar-refractivity contribution in [2.24, 2.45) is 0 Å². The van der Waals surface area contributed by atoms with E-state index in [0.717, 1.165) is 24.2 Å². The minimum Gasteiger partial charge on any atom is -0.439 e. The van der Waals surface area contributed by atoms with Crippen molar-refractivity contribution >= 4 is 0 Å². The predicted molar refractivity (Wildman–Crippen MR) is 123 cm³/mol. The van der Waals surface area contributed by atoms with E-state index in [1.54, 1.807) is 28.9 Å². The summed E-state index contributed by atoms with van der Waals surface area (Å²) in [5, 5.41) is 15.0. The molecule has 0 unspecified atom stereocenters. The monoisotopic (exact) mass is 459 g/mol. The Bertz CT molecular complexity index is 1010. The summed E-state index contributed by atoms with van der Waals surface area (Å²) >= 11 is 0. The van der Waals surface area contributed by atoms with Crippen molar-refractivity contribution in [3.8, 4) is 17.3 Å². The van der Waals surface area contributed by atoms with Crippen LogP contribution in [-0.2, 0) is 11.3 Å². The number of nitrogens with zero attached hydrogens (tertiary/aromatic N) is 3. The molecule has 0 radical (unpaired) electrons. The largest absolute Gasteiger partial charge is 0.439 e. The van der Waals surface area contributed by atoms with E-state index in [2.05, 4.69) is 16.9 Å². The molecule has 0 saturated heterocycles. The highest BCUT2D eigenvalue weighted by Gasteiger charge is 2.22. The van der Waals surface area contributed by atoms with Crippen LogP contribution in [0.4, 0.5) is 8.78 Å². The van der Waals surface area contributed by atoms with E-state index in [9.17, 15) is 13.9 Å². The lowest BCUT2D eigenvalue weighted by atomic mass is 10.2. The van der Waals surface area contributed by atoms with Gasteiger partial charge in [0.25, 0.3) is 0 Å². The van der Waals surface area contributed by atoms with Crippen LogP contribution in [0.15, 0.2) is 48.5 Å². The molecule has 0 fully saturated rings. The third-order valence-electron chi connectivity index (χ3n) is 5.14. The fourth-order valence-corrected chi connectivity index (χ4v) is 3.58. The SMILES string of the molecule is CCCN(Cc1c(C)nn(-c2ccc(F)cc2)c1Oc1ccc(F)cc1)C[C@H](O)COCC. The lowest BCUT2D eigenvalue weighted by Gasteiger charge is -2.25. The van der Waals surface area contributed by atoms with Gasteiger partial charge in [-0.2, -0.15) is 5.10 Å². The molecule has 33 heavy (non-hydrogen) atoms. The quantitative estimate of drug-likeness (QED) is 0.419. The molecule has 0 spiro atoms. The zero-order valence-corrected chi connectivity index (χ0v) is 19.3. The Balaban J connectivity index is 1.96. The summed E-state index contributed by atoms with van der Waals surface area (Å²) in [6.45, 7) is 8.35. The topological polar surface area (TPSA) is 59.8 Å². The van der Waals surface area contributed by atoms with Crippen molar-refractivity contribution in [3.63, 3.8) is 0 Å². The molecule has 6 nitrogen and oxygen atoms in total. The lowest BCUT2D eigenvalue weighted by molar-refractivity contribution is 0.0195. The molecular formula is C25H31F2N3O3. The molecule has 2 aromatic carbocycles. The number of aromatic nitrogens is 2. The van der Waals surface area contributed by atoms with Crippen molar-refractivity contribution in [2.45, 2.75) is 39.8 Å². The van der Waals surface area contributed by atoms with E-state index < -0.39 is 6.10 Å². The Hall–Kier alpha value is -2.81. The molecule has 1 heterocycles. The zero-order chi connectivity index (χ0) is 23.8. The molecule has 1 atom stereocenters. The standard InChI is InChI=1S/C25H31F2N3O3/c1-4-14-29(15-22(31)17-32-5-2)16-24-18(3)28-30(21-10-6-19(26)7-11-21)25(24)33-23-12-8-20(27)9-13-23/h6-13,22,31H,4-5,14-17H2,1-3H3/t22-/m0/s1. The Morgan fingerprint density at radius 3 is 2.27 bits per heavy atom. The highest BCUT2D eigenvalue weighted by Crippen LogP contribution is 2.32. The first-order chi connectivity index (χ1) is 15.9. The first-order valence-electron chi connectivity index (χ1n) is 11.2. The molecular weight excluding hydrogens is 428 g/mol. The molecule has 0 aliphatic heterocycles. The number of hydrogen-bond donors (Lipinski definition) is 1. The Morgan fingerprint density at radius 1 is 1.03 bits per heavy atom. The summed E-state index contributed by atoms with van der Waals surface area (Å²) in [5.41, 5.74) is 2.22. The summed E-state index contributed by atoms with van der Waals surface area (Å²) in [6, 6.07) is 11.7. The van der Waals surface area contributed by atoms with Crippen molar-refractivity contribution in [1.82, 2.24) is 14.7 Å². The molecule has 0 bridgehead atoms. The third-order valence-corrected chi connectivity index (χ3v) is 5.14. The van der Waals surface area contributed by atoms with Gasteiger partial charge in [-0.05, 0) is 75.3 Å². The maximum absolute atomic E-state index is 13.5. The van der Waals surface area contributed by atoms with Gasteiger partial charge in [0, 0.05) is 19.7 Å². The van der Waals surface area contributed by atoms with E-state index in [1.165, 1.54) is 24.3 Å². The van der Waals surface area contributed by atoms with Gasteiger partial charge < -0.3 is 14.6 Å².